The Bertz CT molecular complexity index is 766. The number of amides is 1. The van der Waals surface area contributed by atoms with Crippen LogP contribution in [0.15, 0.2) is 12.5 Å². The summed E-state index contributed by atoms with van der Waals surface area (Å²) in [6.45, 7) is 5.08. The van der Waals surface area contributed by atoms with E-state index >= 15 is 0 Å². The predicted octanol–water partition coefficient (Wildman–Crippen LogP) is 1.19. The maximum Gasteiger partial charge on any atom is 0.223 e. The van der Waals surface area contributed by atoms with Crippen LogP contribution in [0.3, 0.4) is 0 Å². The summed E-state index contributed by atoms with van der Waals surface area (Å²) in [5.74, 6) is 1.24. The van der Waals surface area contributed by atoms with Crippen LogP contribution in [-0.4, -0.2) is 57.5 Å². The van der Waals surface area contributed by atoms with Crippen LogP contribution in [0.1, 0.15) is 31.2 Å². The van der Waals surface area contributed by atoms with E-state index in [1.54, 1.807) is 6.33 Å². The number of piperazine rings is 1. The monoisotopic (exact) mass is 328 g/mol. The molecule has 1 saturated carbocycles. The Morgan fingerprint density at radius 3 is 2.96 bits per heavy atom. The number of aryl methyl sites for hydroxylation is 1. The number of carbonyl (C=O) groups is 1. The van der Waals surface area contributed by atoms with Gasteiger partial charge in [-0.25, -0.2) is 9.97 Å². The zero-order valence-corrected chi connectivity index (χ0v) is 14.1. The molecule has 2 fully saturated rings. The molecular weight excluding hydrogens is 304 g/mol. The van der Waals surface area contributed by atoms with Crippen LogP contribution in [0.4, 0.5) is 5.82 Å². The molecule has 128 valence electrons. The average Bonchev–Trinajstić information content (AvgIpc) is 3.25. The summed E-state index contributed by atoms with van der Waals surface area (Å²) in [6, 6.07) is 0. The normalized spacial score (nSPS) is 19.2. The molecule has 2 aromatic heterocycles. The predicted molar refractivity (Wildman–Crippen MR) is 92.8 cm³/mol. The zero-order chi connectivity index (χ0) is 16.7. The van der Waals surface area contributed by atoms with Crippen LogP contribution in [0.5, 0.6) is 0 Å². The molecule has 7 nitrogen and oxygen atoms in total. The first-order valence-corrected chi connectivity index (χ1v) is 8.69. The molecule has 1 aliphatic heterocycles. The molecule has 0 atom stereocenters. The highest BCUT2D eigenvalue weighted by atomic mass is 16.2. The molecular formula is C17H24N6O. The highest BCUT2D eigenvalue weighted by molar-refractivity contribution is 5.90. The maximum absolute atomic E-state index is 12.5. The van der Waals surface area contributed by atoms with Gasteiger partial charge in [0.05, 0.1) is 10.9 Å². The standard InChI is InChI=1S/C17H24N6O/c1-12-9-19-15-14(12)16(21-11-20-15)22-7-8-23(13(24)3-2-6-18)17(10-22)4-5-17/h9,11H,2-8,10,18H2,1H3,(H,19,20,21). The van der Waals surface area contributed by atoms with Crippen LogP contribution >= 0.6 is 0 Å². The van der Waals surface area contributed by atoms with Gasteiger partial charge in [-0.15, -0.1) is 0 Å². The molecule has 24 heavy (non-hydrogen) atoms. The second-order valence-electron chi connectivity index (χ2n) is 6.98. The lowest BCUT2D eigenvalue weighted by atomic mass is 10.1. The van der Waals surface area contributed by atoms with Crippen molar-refractivity contribution in [2.75, 3.05) is 31.1 Å². The molecule has 3 N–H and O–H groups in total. The number of rotatable bonds is 4. The van der Waals surface area contributed by atoms with E-state index in [1.807, 2.05) is 6.20 Å². The Balaban J connectivity index is 1.58. The van der Waals surface area contributed by atoms with Gasteiger partial charge < -0.3 is 20.5 Å². The molecule has 0 bridgehead atoms. The van der Waals surface area contributed by atoms with Crippen molar-refractivity contribution in [3.63, 3.8) is 0 Å². The lowest BCUT2D eigenvalue weighted by Crippen LogP contribution is -2.57. The molecule has 2 aromatic rings. The molecule has 1 aliphatic carbocycles. The Hall–Kier alpha value is -2.15. The smallest absolute Gasteiger partial charge is 0.223 e. The summed E-state index contributed by atoms with van der Waals surface area (Å²) in [6.07, 6.45) is 7.09. The summed E-state index contributed by atoms with van der Waals surface area (Å²) in [4.78, 5) is 29.0. The second-order valence-corrected chi connectivity index (χ2v) is 6.98. The summed E-state index contributed by atoms with van der Waals surface area (Å²) in [5, 5.41) is 1.09. The van der Waals surface area contributed by atoms with Crippen molar-refractivity contribution in [1.29, 1.82) is 0 Å². The van der Waals surface area contributed by atoms with Gasteiger partial charge in [-0.3, -0.25) is 4.79 Å². The number of nitrogens with one attached hydrogen (secondary N) is 1. The molecule has 1 spiro atoms. The Morgan fingerprint density at radius 2 is 2.21 bits per heavy atom. The van der Waals surface area contributed by atoms with Gasteiger partial charge in [0.15, 0.2) is 0 Å². The SMILES string of the molecule is Cc1c[nH]c2ncnc(N3CCN(C(=O)CCCN)C4(CC4)C3)c12. The van der Waals surface area contributed by atoms with E-state index in [-0.39, 0.29) is 11.4 Å². The number of aromatic nitrogens is 3. The van der Waals surface area contributed by atoms with E-state index in [2.05, 4.69) is 31.7 Å². The third-order valence-electron chi connectivity index (χ3n) is 5.32. The first-order valence-electron chi connectivity index (χ1n) is 8.69. The first kappa shape index (κ1) is 15.4. The van der Waals surface area contributed by atoms with Gasteiger partial charge in [-0.2, -0.15) is 0 Å². The van der Waals surface area contributed by atoms with E-state index < -0.39 is 0 Å². The van der Waals surface area contributed by atoms with E-state index in [0.717, 1.165) is 61.3 Å². The largest absolute Gasteiger partial charge is 0.352 e. The van der Waals surface area contributed by atoms with Crippen molar-refractivity contribution >= 4 is 22.8 Å². The van der Waals surface area contributed by atoms with Gasteiger partial charge in [0, 0.05) is 32.3 Å². The van der Waals surface area contributed by atoms with Crippen LogP contribution in [0, 0.1) is 6.92 Å². The van der Waals surface area contributed by atoms with Crippen molar-refractivity contribution in [2.45, 2.75) is 38.1 Å². The quantitative estimate of drug-likeness (QED) is 0.879. The summed E-state index contributed by atoms with van der Waals surface area (Å²) >= 11 is 0. The van der Waals surface area contributed by atoms with E-state index in [1.165, 1.54) is 0 Å². The Kier molecular flexibility index (Phi) is 3.68. The summed E-state index contributed by atoms with van der Waals surface area (Å²) in [5.41, 5.74) is 7.59. The average molecular weight is 328 g/mol. The number of aromatic amines is 1. The van der Waals surface area contributed by atoms with Crippen LogP contribution in [0.25, 0.3) is 11.0 Å². The van der Waals surface area contributed by atoms with Gasteiger partial charge >= 0.3 is 0 Å². The van der Waals surface area contributed by atoms with Crippen LogP contribution < -0.4 is 10.6 Å². The fourth-order valence-electron chi connectivity index (χ4n) is 3.85. The molecule has 0 aromatic carbocycles. The minimum Gasteiger partial charge on any atom is -0.352 e. The maximum atomic E-state index is 12.5. The van der Waals surface area contributed by atoms with E-state index in [4.69, 9.17) is 5.73 Å². The molecule has 3 heterocycles. The molecule has 0 unspecified atom stereocenters. The Morgan fingerprint density at radius 1 is 1.38 bits per heavy atom. The lowest BCUT2D eigenvalue weighted by molar-refractivity contribution is -0.135. The fraction of sp³-hybridized carbons (Fsp3) is 0.588. The highest BCUT2D eigenvalue weighted by Crippen LogP contribution is 2.45. The molecule has 4 rings (SSSR count). The number of H-pyrrole nitrogens is 1. The van der Waals surface area contributed by atoms with Crippen LogP contribution in [-0.2, 0) is 4.79 Å². The zero-order valence-electron chi connectivity index (χ0n) is 14.1. The molecule has 1 saturated heterocycles. The lowest BCUT2D eigenvalue weighted by Gasteiger charge is -2.43. The number of nitrogens with zero attached hydrogens (tertiary/aromatic N) is 4. The Labute approximate surface area is 141 Å². The minimum absolute atomic E-state index is 0.00537. The summed E-state index contributed by atoms with van der Waals surface area (Å²) in [7, 11) is 0. The number of anilines is 1. The van der Waals surface area contributed by atoms with Crippen molar-refractivity contribution < 1.29 is 4.79 Å². The first-order chi connectivity index (χ1) is 11.6. The third kappa shape index (κ3) is 2.43. The third-order valence-corrected chi connectivity index (χ3v) is 5.32. The molecule has 1 amide bonds. The number of nitrogens with two attached hydrogens (primary N) is 1. The van der Waals surface area contributed by atoms with Crippen molar-refractivity contribution in [1.82, 2.24) is 19.9 Å². The van der Waals surface area contributed by atoms with Crippen molar-refractivity contribution in [3.8, 4) is 0 Å². The van der Waals surface area contributed by atoms with E-state index in [9.17, 15) is 4.79 Å². The number of hydrogen-bond acceptors (Lipinski definition) is 5. The number of carbonyl (C=O) groups excluding carboxylic acids is 1. The number of fused-ring (bicyclic) bond motifs is 1. The molecule has 0 radical (unpaired) electrons. The van der Waals surface area contributed by atoms with Gasteiger partial charge in [0.1, 0.15) is 17.8 Å². The van der Waals surface area contributed by atoms with Gasteiger partial charge in [-0.1, -0.05) is 0 Å². The van der Waals surface area contributed by atoms with Crippen molar-refractivity contribution in [2.24, 2.45) is 5.73 Å². The number of hydrogen-bond donors (Lipinski definition) is 2. The molecule has 2 aliphatic rings. The summed E-state index contributed by atoms with van der Waals surface area (Å²) < 4.78 is 0. The van der Waals surface area contributed by atoms with Crippen molar-refractivity contribution in [3.05, 3.63) is 18.1 Å². The fourth-order valence-corrected chi connectivity index (χ4v) is 3.85. The van der Waals surface area contributed by atoms with Gasteiger partial charge in [-0.05, 0) is 38.3 Å². The second kappa shape index (κ2) is 5.73. The van der Waals surface area contributed by atoms with Gasteiger partial charge in [0.2, 0.25) is 5.91 Å². The molecule has 7 heteroatoms. The van der Waals surface area contributed by atoms with Gasteiger partial charge in [0.25, 0.3) is 0 Å². The topological polar surface area (TPSA) is 91.1 Å². The minimum atomic E-state index is 0.00537. The van der Waals surface area contributed by atoms with E-state index in [0.29, 0.717) is 13.0 Å². The van der Waals surface area contributed by atoms with Crippen LogP contribution in [0.2, 0.25) is 0 Å². The highest BCUT2D eigenvalue weighted by Gasteiger charge is 2.53.